The lowest BCUT2D eigenvalue weighted by atomic mass is 9.84. The van der Waals surface area contributed by atoms with Crippen LogP contribution in [0.2, 0.25) is 0 Å². The largest absolute Gasteiger partial charge is 0.325 e. The number of hydrogen-bond donors (Lipinski definition) is 2. The van der Waals surface area contributed by atoms with Crippen LogP contribution in [0.5, 0.6) is 0 Å². The lowest BCUT2D eigenvalue weighted by molar-refractivity contribution is 0.0974. The molecular formula is C14H8O4S2. The fourth-order valence-corrected chi connectivity index (χ4v) is 3.15. The molecule has 3 rings (SSSR count). The molecule has 20 heavy (non-hydrogen) atoms. The lowest BCUT2D eigenvalue weighted by Gasteiger charge is -2.20. The number of rotatable bonds is 2. The SMILES string of the molecule is O=C1c2ccccc2C(=O)c2c(SO)ccc(SO)c21. The van der Waals surface area contributed by atoms with Crippen LogP contribution in [0.1, 0.15) is 31.8 Å². The van der Waals surface area contributed by atoms with Crippen molar-refractivity contribution in [2.75, 3.05) is 0 Å². The van der Waals surface area contributed by atoms with Gasteiger partial charge in [-0.3, -0.25) is 9.59 Å². The van der Waals surface area contributed by atoms with E-state index in [2.05, 4.69) is 0 Å². The molecule has 0 unspecified atom stereocenters. The van der Waals surface area contributed by atoms with Gasteiger partial charge in [0.15, 0.2) is 11.6 Å². The molecule has 4 nitrogen and oxygen atoms in total. The molecule has 0 fully saturated rings. The summed E-state index contributed by atoms with van der Waals surface area (Å²) in [4.78, 5) is 25.7. The summed E-state index contributed by atoms with van der Waals surface area (Å²) in [6.45, 7) is 0. The van der Waals surface area contributed by atoms with Gasteiger partial charge in [0.25, 0.3) is 0 Å². The Bertz CT molecular complexity index is 678. The summed E-state index contributed by atoms with van der Waals surface area (Å²) < 4.78 is 18.6. The highest BCUT2D eigenvalue weighted by Crippen LogP contribution is 2.37. The molecule has 0 radical (unpaired) electrons. The van der Waals surface area contributed by atoms with E-state index < -0.39 is 0 Å². The molecule has 0 heterocycles. The number of fused-ring (bicyclic) bond motifs is 2. The van der Waals surface area contributed by atoms with Gasteiger partial charge in [-0.25, -0.2) is 0 Å². The molecule has 0 amide bonds. The smallest absolute Gasteiger partial charge is 0.195 e. The average molecular weight is 304 g/mol. The van der Waals surface area contributed by atoms with Gasteiger partial charge in [0.2, 0.25) is 0 Å². The maximum atomic E-state index is 12.5. The zero-order valence-electron chi connectivity index (χ0n) is 9.99. The van der Waals surface area contributed by atoms with Crippen LogP contribution in [-0.2, 0) is 0 Å². The number of carbonyl (C=O) groups is 2. The molecular weight excluding hydrogens is 296 g/mol. The summed E-state index contributed by atoms with van der Waals surface area (Å²) in [5.41, 5.74) is 0.946. The van der Waals surface area contributed by atoms with Crippen LogP contribution in [0.15, 0.2) is 46.2 Å². The van der Waals surface area contributed by atoms with E-state index in [1.807, 2.05) is 0 Å². The Morgan fingerprint density at radius 3 is 1.45 bits per heavy atom. The molecule has 0 spiro atoms. The summed E-state index contributed by atoms with van der Waals surface area (Å²) in [6, 6.07) is 9.57. The van der Waals surface area contributed by atoms with Crippen LogP contribution in [0.25, 0.3) is 0 Å². The number of carbonyl (C=O) groups excluding carboxylic acids is 2. The summed E-state index contributed by atoms with van der Waals surface area (Å²) in [5.74, 6) is -0.634. The van der Waals surface area contributed by atoms with Gasteiger partial charge >= 0.3 is 0 Å². The van der Waals surface area contributed by atoms with Crippen LogP contribution in [0, 0.1) is 0 Å². The Balaban J connectivity index is 2.37. The fourth-order valence-electron chi connectivity index (χ4n) is 2.32. The number of benzene rings is 2. The van der Waals surface area contributed by atoms with Crippen molar-refractivity contribution in [1.29, 1.82) is 0 Å². The van der Waals surface area contributed by atoms with E-state index >= 15 is 0 Å². The zero-order valence-corrected chi connectivity index (χ0v) is 11.6. The van der Waals surface area contributed by atoms with E-state index in [1.54, 1.807) is 24.3 Å². The van der Waals surface area contributed by atoms with Crippen molar-refractivity contribution < 1.29 is 18.7 Å². The Morgan fingerprint density at radius 1 is 0.700 bits per heavy atom. The first-order valence-corrected chi connectivity index (χ1v) is 7.22. The molecule has 2 aromatic carbocycles. The Hall–Kier alpha value is -1.60. The molecule has 1 aliphatic carbocycles. The van der Waals surface area contributed by atoms with E-state index in [4.69, 9.17) is 0 Å². The first kappa shape index (κ1) is 13.4. The van der Waals surface area contributed by atoms with Crippen LogP contribution >= 0.6 is 24.1 Å². The molecule has 0 aromatic heterocycles. The van der Waals surface area contributed by atoms with E-state index in [0.717, 1.165) is 0 Å². The van der Waals surface area contributed by atoms with Crippen molar-refractivity contribution in [3.63, 3.8) is 0 Å². The predicted octanol–water partition coefficient (Wildman–Crippen LogP) is 3.59. The van der Waals surface area contributed by atoms with Crippen molar-refractivity contribution >= 4 is 35.7 Å². The second kappa shape index (κ2) is 5.06. The third-order valence-corrected chi connectivity index (χ3v) is 4.27. The van der Waals surface area contributed by atoms with E-state index in [-0.39, 0.29) is 22.7 Å². The molecule has 0 atom stereocenters. The van der Waals surface area contributed by atoms with Crippen LogP contribution in [0.4, 0.5) is 0 Å². The zero-order chi connectivity index (χ0) is 14.3. The molecule has 6 heteroatoms. The molecule has 0 saturated carbocycles. The van der Waals surface area contributed by atoms with Gasteiger partial charge in [0.05, 0.1) is 11.1 Å². The molecule has 0 bridgehead atoms. The van der Waals surface area contributed by atoms with E-state index in [9.17, 15) is 18.7 Å². The molecule has 2 N–H and O–H groups in total. The molecule has 2 aromatic rings. The standard InChI is InChI=1S/C14H8O4S2/c15-13-7-3-1-2-4-8(7)14(16)12-10(20-18)6-5-9(19-17)11(12)13/h1-6,17-18H. The highest BCUT2D eigenvalue weighted by molar-refractivity contribution is 7.94. The minimum atomic E-state index is -0.317. The second-order valence-electron chi connectivity index (χ2n) is 4.20. The third kappa shape index (κ3) is 1.81. The minimum Gasteiger partial charge on any atom is -0.325 e. The first-order valence-electron chi connectivity index (χ1n) is 5.67. The average Bonchev–Trinajstić information content (AvgIpc) is 2.51. The van der Waals surface area contributed by atoms with Crippen molar-refractivity contribution in [3.8, 4) is 0 Å². The second-order valence-corrected chi connectivity index (χ2v) is 5.44. The van der Waals surface area contributed by atoms with Gasteiger partial charge in [-0.15, -0.1) is 0 Å². The minimum absolute atomic E-state index is 0.153. The van der Waals surface area contributed by atoms with Gasteiger partial charge in [-0.05, 0) is 12.1 Å². The van der Waals surface area contributed by atoms with Crippen LogP contribution in [-0.4, -0.2) is 20.7 Å². The van der Waals surface area contributed by atoms with Crippen molar-refractivity contribution in [3.05, 3.63) is 58.7 Å². The summed E-state index contributed by atoms with van der Waals surface area (Å²) in [6.07, 6.45) is 0. The van der Waals surface area contributed by atoms with Gasteiger partial charge < -0.3 is 9.11 Å². The van der Waals surface area contributed by atoms with Gasteiger partial charge in [0.1, 0.15) is 0 Å². The maximum Gasteiger partial charge on any atom is 0.195 e. The van der Waals surface area contributed by atoms with E-state index in [1.165, 1.54) is 12.1 Å². The summed E-state index contributed by atoms with van der Waals surface area (Å²) in [5, 5.41) is 0. The summed E-state index contributed by atoms with van der Waals surface area (Å²) in [7, 11) is 0. The van der Waals surface area contributed by atoms with Crippen molar-refractivity contribution in [1.82, 2.24) is 0 Å². The molecule has 100 valence electrons. The highest BCUT2D eigenvalue weighted by Gasteiger charge is 2.33. The Morgan fingerprint density at radius 2 is 1.10 bits per heavy atom. The fraction of sp³-hybridized carbons (Fsp3) is 0. The van der Waals surface area contributed by atoms with Gasteiger partial charge in [-0.1, -0.05) is 24.3 Å². The number of hydrogen-bond acceptors (Lipinski definition) is 6. The molecule has 0 saturated heterocycles. The quantitative estimate of drug-likeness (QED) is 0.705. The van der Waals surface area contributed by atoms with Gasteiger partial charge in [-0.2, -0.15) is 0 Å². The lowest BCUT2D eigenvalue weighted by Crippen LogP contribution is -2.22. The van der Waals surface area contributed by atoms with E-state index in [0.29, 0.717) is 45.0 Å². The van der Waals surface area contributed by atoms with Crippen LogP contribution < -0.4 is 0 Å². The number of ketones is 2. The monoisotopic (exact) mass is 304 g/mol. The van der Waals surface area contributed by atoms with Crippen molar-refractivity contribution in [2.24, 2.45) is 0 Å². The normalized spacial score (nSPS) is 13.1. The Kier molecular flexibility index (Phi) is 3.39. The molecule has 0 aliphatic heterocycles. The highest BCUT2D eigenvalue weighted by atomic mass is 32.2. The Labute approximate surface area is 123 Å². The predicted molar refractivity (Wildman–Crippen MR) is 76.7 cm³/mol. The maximum absolute atomic E-state index is 12.5. The van der Waals surface area contributed by atoms with Gasteiger partial charge in [0, 0.05) is 45.0 Å². The first-order chi connectivity index (χ1) is 9.69. The van der Waals surface area contributed by atoms with Crippen LogP contribution in [0.3, 0.4) is 0 Å². The van der Waals surface area contributed by atoms with Crippen molar-refractivity contribution in [2.45, 2.75) is 9.79 Å². The topological polar surface area (TPSA) is 74.6 Å². The molecule has 1 aliphatic rings. The third-order valence-electron chi connectivity index (χ3n) is 3.20. The summed E-state index contributed by atoms with van der Waals surface area (Å²) >= 11 is 0.838.